The van der Waals surface area contributed by atoms with Crippen LogP contribution >= 0.6 is 7.60 Å². The SMILES string of the molecule is CCCCCCCCCCCCCCCCCCOC[C@H](COP(=O)([O-])C(=O)[O-])OC.[Na+].[Na+]. The van der Waals surface area contributed by atoms with Gasteiger partial charge in [-0.2, -0.15) is 0 Å². The topological polar surface area (TPSA) is 108 Å². The molecule has 0 aromatic heterocycles. The van der Waals surface area contributed by atoms with Crippen molar-refractivity contribution >= 4 is 13.3 Å². The van der Waals surface area contributed by atoms with Crippen LogP contribution in [0.25, 0.3) is 0 Å². The first-order valence-corrected chi connectivity index (χ1v) is 13.8. The van der Waals surface area contributed by atoms with Crippen LogP contribution < -0.4 is 69.1 Å². The number of rotatable bonds is 24. The van der Waals surface area contributed by atoms with Gasteiger partial charge in [-0.3, -0.25) is 0 Å². The molecule has 0 aliphatic heterocycles. The minimum absolute atomic E-state index is 0. The Morgan fingerprint density at radius 2 is 1.15 bits per heavy atom. The molecule has 2 atom stereocenters. The van der Waals surface area contributed by atoms with Crippen molar-refractivity contribution in [1.82, 2.24) is 0 Å². The van der Waals surface area contributed by atoms with Crippen LogP contribution in [0, 0.1) is 0 Å². The molecule has 10 heteroatoms. The summed E-state index contributed by atoms with van der Waals surface area (Å²) < 4.78 is 25.9. The standard InChI is InChI=1S/C23H47O7P.2Na/c1-3-4-5-6-7-8-9-10-11-12-13-14-15-16-17-18-19-29-20-22(28-2)21-30-31(26,27)23(24)25;;/h22H,3-21H2,1-2H3,(H,24,25)(H,26,27);;/q;2*+1/p-2/t22-;;/m1../s1. The van der Waals surface area contributed by atoms with Gasteiger partial charge in [-0.25, -0.2) is 0 Å². The van der Waals surface area contributed by atoms with Gasteiger partial charge in [0, 0.05) is 13.7 Å². The van der Waals surface area contributed by atoms with Gasteiger partial charge in [0.25, 0.3) is 0 Å². The predicted octanol–water partition coefficient (Wildman–Crippen LogP) is -0.799. The second-order valence-electron chi connectivity index (χ2n) is 8.30. The fraction of sp³-hybridized carbons (Fsp3) is 0.957. The second kappa shape index (κ2) is 28.1. The fourth-order valence-corrected chi connectivity index (χ4v) is 3.85. The van der Waals surface area contributed by atoms with Crippen LogP contribution in [0.4, 0.5) is 4.79 Å². The van der Waals surface area contributed by atoms with E-state index in [1.807, 2.05) is 0 Å². The molecule has 0 aromatic rings. The van der Waals surface area contributed by atoms with E-state index in [0.717, 1.165) is 12.8 Å². The summed E-state index contributed by atoms with van der Waals surface area (Å²) in [5.41, 5.74) is -2.23. The molecule has 0 radical (unpaired) electrons. The molecule has 0 N–H and O–H groups in total. The summed E-state index contributed by atoms with van der Waals surface area (Å²) in [4.78, 5) is 21.4. The van der Waals surface area contributed by atoms with Gasteiger partial charge in [-0.1, -0.05) is 103 Å². The Balaban J connectivity index is -0.00000450. The van der Waals surface area contributed by atoms with Crippen LogP contribution in [0.15, 0.2) is 0 Å². The fourth-order valence-electron chi connectivity index (χ4n) is 3.39. The van der Waals surface area contributed by atoms with Crippen LogP contribution in [0.2, 0.25) is 0 Å². The Labute approximate surface area is 246 Å². The molecule has 0 rings (SSSR count). The second-order valence-corrected chi connectivity index (χ2v) is 9.91. The summed E-state index contributed by atoms with van der Waals surface area (Å²) in [6, 6.07) is 0. The summed E-state index contributed by atoms with van der Waals surface area (Å²) in [6.45, 7) is 2.58. The zero-order valence-electron chi connectivity index (χ0n) is 21.8. The Hall–Kier alpha value is 1.54. The number of carboxylic acid groups (broad SMARTS) is 1. The predicted molar refractivity (Wildman–Crippen MR) is 120 cm³/mol. The molecule has 0 saturated heterocycles. The molecule has 0 aliphatic rings. The molecule has 7 nitrogen and oxygen atoms in total. The number of carbonyl (C=O) groups is 1. The van der Waals surface area contributed by atoms with Gasteiger partial charge in [-0.15, -0.1) is 0 Å². The van der Waals surface area contributed by atoms with Crippen molar-refractivity contribution < 1.29 is 92.5 Å². The van der Waals surface area contributed by atoms with Crippen LogP contribution in [-0.2, 0) is 18.6 Å². The Morgan fingerprint density at radius 3 is 1.52 bits per heavy atom. The molecule has 186 valence electrons. The van der Waals surface area contributed by atoms with E-state index >= 15 is 0 Å². The van der Waals surface area contributed by atoms with E-state index in [0.29, 0.717) is 6.61 Å². The number of carbonyl (C=O) groups excluding carboxylic acids is 1. The summed E-state index contributed by atoms with van der Waals surface area (Å²) in [5, 5.41) is 10.4. The third kappa shape index (κ3) is 26.4. The van der Waals surface area contributed by atoms with Crippen molar-refractivity contribution in [2.75, 3.05) is 26.9 Å². The number of unbranched alkanes of at least 4 members (excludes halogenated alkanes) is 15. The molecule has 0 aromatic carbocycles. The third-order valence-corrected chi connectivity index (χ3v) is 6.37. The zero-order chi connectivity index (χ0) is 23.2. The molecule has 0 heterocycles. The van der Waals surface area contributed by atoms with Gasteiger partial charge in [0.2, 0.25) is 0 Å². The molecule has 33 heavy (non-hydrogen) atoms. The van der Waals surface area contributed by atoms with Gasteiger partial charge < -0.3 is 33.4 Å². The van der Waals surface area contributed by atoms with Gasteiger partial charge in [0.15, 0.2) is 7.60 Å². The van der Waals surface area contributed by atoms with E-state index in [4.69, 9.17) is 9.47 Å². The summed E-state index contributed by atoms with van der Waals surface area (Å²) in [6.07, 6.45) is 20.4. The average Bonchev–Trinajstić information content (AvgIpc) is 2.74. The van der Waals surface area contributed by atoms with Gasteiger partial charge >= 0.3 is 59.1 Å². The third-order valence-electron chi connectivity index (χ3n) is 5.43. The van der Waals surface area contributed by atoms with Crippen LogP contribution in [-0.4, -0.2) is 38.7 Å². The van der Waals surface area contributed by atoms with E-state index in [2.05, 4.69) is 11.4 Å². The molecule has 0 spiro atoms. The van der Waals surface area contributed by atoms with Gasteiger partial charge in [0.1, 0.15) is 11.8 Å². The quantitative estimate of drug-likeness (QED) is 0.0951. The molecular weight excluding hydrogens is 465 g/mol. The molecule has 0 saturated carbocycles. The van der Waals surface area contributed by atoms with E-state index < -0.39 is 26.0 Å². The maximum Gasteiger partial charge on any atom is 1.00 e. The average molecular weight is 511 g/mol. The number of ether oxygens (including phenoxy) is 2. The normalized spacial score (nSPS) is 13.5. The minimum Gasteiger partial charge on any atom is -0.774 e. The van der Waals surface area contributed by atoms with E-state index in [1.54, 1.807) is 0 Å². The Bertz CT molecular complexity index is 470. The van der Waals surface area contributed by atoms with Crippen molar-refractivity contribution in [2.45, 2.75) is 116 Å². The molecule has 1 unspecified atom stereocenters. The van der Waals surface area contributed by atoms with Crippen LogP contribution in [0.1, 0.15) is 110 Å². The summed E-state index contributed by atoms with van der Waals surface area (Å²) in [7, 11) is -3.60. The number of hydrogen-bond acceptors (Lipinski definition) is 7. The van der Waals surface area contributed by atoms with Crippen molar-refractivity contribution in [3.8, 4) is 0 Å². The van der Waals surface area contributed by atoms with Crippen molar-refractivity contribution in [1.29, 1.82) is 0 Å². The molecule has 0 aliphatic carbocycles. The van der Waals surface area contributed by atoms with Crippen LogP contribution in [0.3, 0.4) is 0 Å². The van der Waals surface area contributed by atoms with Crippen molar-refractivity contribution in [3.05, 3.63) is 0 Å². The smallest absolute Gasteiger partial charge is 0.774 e. The molecular formula is C23H45Na2O7P. The largest absolute Gasteiger partial charge is 1.00 e. The maximum absolute atomic E-state index is 11.0. The van der Waals surface area contributed by atoms with E-state index in [9.17, 15) is 19.4 Å². The first kappa shape index (κ1) is 39.1. The van der Waals surface area contributed by atoms with Crippen molar-refractivity contribution in [3.63, 3.8) is 0 Å². The summed E-state index contributed by atoms with van der Waals surface area (Å²) >= 11 is 0. The van der Waals surface area contributed by atoms with Crippen LogP contribution in [0.5, 0.6) is 0 Å². The van der Waals surface area contributed by atoms with Gasteiger partial charge in [0.05, 0.1) is 13.2 Å². The summed E-state index contributed by atoms with van der Waals surface area (Å²) in [5.74, 6) is 0. The monoisotopic (exact) mass is 510 g/mol. The molecule has 0 fully saturated rings. The van der Waals surface area contributed by atoms with Crippen molar-refractivity contribution in [2.24, 2.45) is 0 Å². The first-order chi connectivity index (χ1) is 14.9. The zero-order valence-corrected chi connectivity index (χ0v) is 26.7. The van der Waals surface area contributed by atoms with E-state index in [-0.39, 0.29) is 65.7 Å². The maximum atomic E-state index is 11.0. The number of hydrogen-bond donors (Lipinski definition) is 0. The number of methoxy groups -OCH3 is 1. The first-order valence-electron chi connectivity index (χ1n) is 12.2. The van der Waals surface area contributed by atoms with Gasteiger partial charge in [-0.05, 0) is 6.42 Å². The molecule has 0 amide bonds. The Kier molecular flexibility index (Phi) is 33.3. The molecule has 0 bridgehead atoms. The van der Waals surface area contributed by atoms with E-state index in [1.165, 1.54) is 97.0 Å². The Morgan fingerprint density at radius 1 is 0.758 bits per heavy atom. The minimum atomic E-state index is -4.99.